The molecule has 0 saturated heterocycles. The van der Waals surface area contributed by atoms with Crippen molar-refractivity contribution < 1.29 is 13.2 Å². The number of nitrogens with zero attached hydrogens (tertiary/aromatic N) is 2. The number of guanidine groups is 1. The SMILES string of the molecule is CCNC(=NCCOCCS(C)(=O)=O)N(C)Cc1cccc(Cl)c1. The highest BCUT2D eigenvalue weighted by molar-refractivity contribution is 7.90. The van der Waals surface area contributed by atoms with Gasteiger partial charge in [0.15, 0.2) is 5.96 Å². The molecule has 0 aliphatic rings. The van der Waals surface area contributed by atoms with Crippen LogP contribution in [0.4, 0.5) is 0 Å². The Morgan fingerprint density at radius 3 is 2.75 bits per heavy atom. The van der Waals surface area contributed by atoms with Crippen molar-refractivity contribution in [2.24, 2.45) is 4.99 Å². The molecule has 0 atom stereocenters. The van der Waals surface area contributed by atoms with Crippen LogP contribution < -0.4 is 5.32 Å². The van der Waals surface area contributed by atoms with Gasteiger partial charge in [-0.05, 0) is 24.6 Å². The summed E-state index contributed by atoms with van der Waals surface area (Å²) in [4.78, 5) is 6.50. The lowest BCUT2D eigenvalue weighted by atomic mass is 10.2. The summed E-state index contributed by atoms with van der Waals surface area (Å²) in [5, 5.41) is 3.93. The molecule has 0 saturated carbocycles. The normalized spacial score (nSPS) is 12.2. The fraction of sp³-hybridized carbons (Fsp3) is 0.562. The Labute approximate surface area is 149 Å². The number of nitrogens with one attached hydrogen (secondary N) is 1. The van der Waals surface area contributed by atoms with Crippen LogP contribution in [-0.2, 0) is 21.1 Å². The largest absolute Gasteiger partial charge is 0.378 e. The zero-order valence-electron chi connectivity index (χ0n) is 14.5. The van der Waals surface area contributed by atoms with Crippen LogP contribution in [0.3, 0.4) is 0 Å². The number of halogens is 1. The van der Waals surface area contributed by atoms with Crippen LogP contribution in [0.2, 0.25) is 5.02 Å². The second-order valence-electron chi connectivity index (χ2n) is 5.46. The third kappa shape index (κ3) is 9.10. The van der Waals surface area contributed by atoms with E-state index in [2.05, 4.69) is 10.3 Å². The van der Waals surface area contributed by atoms with Crippen molar-refractivity contribution in [3.8, 4) is 0 Å². The van der Waals surface area contributed by atoms with E-state index in [1.54, 1.807) is 0 Å². The Morgan fingerprint density at radius 1 is 1.38 bits per heavy atom. The van der Waals surface area contributed by atoms with Gasteiger partial charge in [-0.3, -0.25) is 4.99 Å². The smallest absolute Gasteiger partial charge is 0.194 e. The molecule has 0 bridgehead atoms. The van der Waals surface area contributed by atoms with Gasteiger partial charge in [-0.25, -0.2) is 8.42 Å². The molecule has 1 rings (SSSR count). The third-order valence-electron chi connectivity index (χ3n) is 3.10. The predicted octanol–water partition coefficient (Wildman–Crippen LogP) is 1.80. The molecule has 6 nitrogen and oxygen atoms in total. The molecule has 0 amide bonds. The zero-order chi connectivity index (χ0) is 18.0. The molecule has 1 aromatic carbocycles. The molecule has 0 aliphatic carbocycles. The van der Waals surface area contributed by atoms with Crippen LogP contribution in [-0.4, -0.2) is 64.6 Å². The van der Waals surface area contributed by atoms with Crippen LogP contribution >= 0.6 is 11.6 Å². The molecule has 0 aliphatic heterocycles. The van der Waals surface area contributed by atoms with E-state index in [0.717, 1.165) is 18.1 Å². The zero-order valence-corrected chi connectivity index (χ0v) is 16.0. The molecule has 24 heavy (non-hydrogen) atoms. The van der Waals surface area contributed by atoms with Gasteiger partial charge in [0.2, 0.25) is 0 Å². The Bertz CT molecular complexity index is 635. The van der Waals surface area contributed by atoms with E-state index in [1.807, 2.05) is 43.1 Å². The minimum absolute atomic E-state index is 0.0332. The second-order valence-corrected chi connectivity index (χ2v) is 8.16. The number of rotatable bonds is 9. The van der Waals surface area contributed by atoms with Crippen molar-refractivity contribution in [2.45, 2.75) is 13.5 Å². The summed E-state index contributed by atoms with van der Waals surface area (Å²) in [6.07, 6.45) is 1.20. The minimum atomic E-state index is -2.98. The van der Waals surface area contributed by atoms with Gasteiger partial charge in [0.25, 0.3) is 0 Å². The average Bonchev–Trinajstić information content (AvgIpc) is 2.48. The highest BCUT2D eigenvalue weighted by Gasteiger charge is 2.07. The van der Waals surface area contributed by atoms with Gasteiger partial charge in [-0.2, -0.15) is 0 Å². The average molecular weight is 376 g/mol. The van der Waals surface area contributed by atoms with Crippen LogP contribution in [0, 0.1) is 0 Å². The first kappa shape index (κ1) is 20.7. The van der Waals surface area contributed by atoms with E-state index in [4.69, 9.17) is 16.3 Å². The monoisotopic (exact) mass is 375 g/mol. The van der Waals surface area contributed by atoms with Crippen molar-refractivity contribution in [2.75, 3.05) is 45.4 Å². The summed E-state index contributed by atoms with van der Waals surface area (Å²) in [6.45, 7) is 4.49. The van der Waals surface area contributed by atoms with E-state index in [1.165, 1.54) is 6.26 Å². The first-order valence-corrected chi connectivity index (χ1v) is 10.2. The molecule has 1 aromatic rings. The van der Waals surface area contributed by atoms with E-state index in [-0.39, 0.29) is 12.4 Å². The van der Waals surface area contributed by atoms with Gasteiger partial charge >= 0.3 is 0 Å². The van der Waals surface area contributed by atoms with Crippen molar-refractivity contribution in [3.63, 3.8) is 0 Å². The highest BCUT2D eigenvalue weighted by atomic mass is 35.5. The van der Waals surface area contributed by atoms with Gasteiger partial charge in [0, 0.05) is 31.4 Å². The maximum Gasteiger partial charge on any atom is 0.194 e. The summed E-state index contributed by atoms with van der Waals surface area (Å²) >= 11 is 6.01. The molecule has 0 fully saturated rings. The lowest BCUT2D eigenvalue weighted by Crippen LogP contribution is -2.38. The van der Waals surface area contributed by atoms with Crippen molar-refractivity contribution in [1.82, 2.24) is 10.2 Å². The fourth-order valence-electron chi connectivity index (χ4n) is 1.98. The molecule has 0 heterocycles. The number of benzene rings is 1. The summed E-state index contributed by atoms with van der Waals surface area (Å²) < 4.78 is 27.3. The van der Waals surface area contributed by atoms with Gasteiger partial charge in [0.1, 0.15) is 9.84 Å². The van der Waals surface area contributed by atoms with Crippen molar-refractivity contribution >= 4 is 27.4 Å². The van der Waals surface area contributed by atoms with Crippen molar-refractivity contribution in [3.05, 3.63) is 34.9 Å². The summed E-state index contributed by atoms with van der Waals surface area (Å²) in [5.41, 5.74) is 1.10. The molecule has 0 aromatic heterocycles. The number of aliphatic imine (C=N–C) groups is 1. The van der Waals surface area contributed by atoms with E-state index in [0.29, 0.717) is 24.7 Å². The van der Waals surface area contributed by atoms with Gasteiger partial charge in [-0.15, -0.1) is 0 Å². The minimum Gasteiger partial charge on any atom is -0.378 e. The molecule has 0 radical (unpaired) electrons. The summed E-state index contributed by atoms with van der Waals surface area (Å²) in [5.74, 6) is 0.801. The van der Waals surface area contributed by atoms with Gasteiger partial charge < -0.3 is 15.0 Å². The number of hydrogen-bond acceptors (Lipinski definition) is 4. The molecular formula is C16H26ClN3O3S. The van der Waals surface area contributed by atoms with E-state index >= 15 is 0 Å². The van der Waals surface area contributed by atoms with Crippen molar-refractivity contribution in [1.29, 1.82) is 0 Å². The number of sulfone groups is 1. The predicted molar refractivity (Wildman–Crippen MR) is 99.4 cm³/mol. The van der Waals surface area contributed by atoms with Crippen LogP contribution in [0.5, 0.6) is 0 Å². The lowest BCUT2D eigenvalue weighted by molar-refractivity contribution is 0.157. The second kappa shape index (κ2) is 10.5. The van der Waals surface area contributed by atoms with E-state index in [9.17, 15) is 8.42 Å². The van der Waals surface area contributed by atoms with Crippen LogP contribution in [0.25, 0.3) is 0 Å². The molecule has 0 unspecified atom stereocenters. The van der Waals surface area contributed by atoms with Gasteiger partial charge in [-0.1, -0.05) is 23.7 Å². The first-order chi connectivity index (χ1) is 11.3. The molecule has 1 N–H and O–H groups in total. The molecule has 0 spiro atoms. The molecule has 8 heteroatoms. The highest BCUT2D eigenvalue weighted by Crippen LogP contribution is 2.12. The summed E-state index contributed by atoms with van der Waals surface area (Å²) in [7, 11) is -1.03. The Kier molecular flexibility index (Phi) is 9.10. The standard InChI is InChI=1S/C16H26ClN3O3S/c1-4-18-16(19-8-9-23-10-11-24(3,21)22)20(2)13-14-6-5-7-15(17)12-14/h5-7,12H,4,8-11,13H2,1-3H3,(H,18,19). The third-order valence-corrected chi connectivity index (χ3v) is 4.24. The number of hydrogen-bond donors (Lipinski definition) is 1. The summed E-state index contributed by atoms with van der Waals surface area (Å²) in [6, 6.07) is 7.71. The number of ether oxygens (including phenoxy) is 1. The maximum absolute atomic E-state index is 11.0. The maximum atomic E-state index is 11.0. The van der Waals surface area contributed by atoms with Crippen LogP contribution in [0.15, 0.2) is 29.3 Å². The lowest BCUT2D eigenvalue weighted by Gasteiger charge is -2.22. The quantitative estimate of drug-likeness (QED) is 0.405. The first-order valence-electron chi connectivity index (χ1n) is 7.81. The Hall–Kier alpha value is -1.31. The molecule has 136 valence electrons. The fourth-order valence-corrected chi connectivity index (χ4v) is 2.62. The van der Waals surface area contributed by atoms with E-state index < -0.39 is 9.84 Å². The Balaban J connectivity index is 2.49. The van der Waals surface area contributed by atoms with Gasteiger partial charge in [0.05, 0.1) is 25.5 Å². The van der Waals surface area contributed by atoms with Crippen LogP contribution in [0.1, 0.15) is 12.5 Å². The topological polar surface area (TPSA) is 71.0 Å². The Morgan fingerprint density at radius 2 is 2.12 bits per heavy atom. The molecular weight excluding hydrogens is 350 g/mol.